The summed E-state index contributed by atoms with van der Waals surface area (Å²) < 4.78 is 0. The number of carboxylic acid groups (broad SMARTS) is 2. The first-order valence-corrected chi connectivity index (χ1v) is 8.13. The van der Waals surface area contributed by atoms with Crippen molar-refractivity contribution >= 4 is 17.8 Å². The standard InChI is InChI=1S/C16H29NO5.2Na/c1-2-3-4-5-6-7-8-9-10-11-14(18)17-13(16(21)22)12-15(19)20;;/h13H,2-12H2,1H3,(H,17,18)(H,19,20)(H,21,22);;/q;2*+1/p-2. The fourth-order valence-corrected chi connectivity index (χ4v) is 2.17. The maximum Gasteiger partial charge on any atom is 1.00 e. The summed E-state index contributed by atoms with van der Waals surface area (Å²) in [6.45, 7) is 2.18. The Morgan fingerprint density at radius 2 is 1.38 bits per heavy atom. The minimum atomic E-state index is -1.53. The number of carbonyl (C=O) groups is 2. The second-order valence-electron chi connectivity index (χ2n) is 5.53. The van der Waals surface area contributed by atoms with Crippen LogP contribution in [0.4, 0.5) is 0 Å². The molecule has 6 nitrogen and oxygen atoms in total. The van der Waals surface area contributed by atoms with Crippen LogP contribution >= 0.6 is 0 Å². The molecular formula is C16H27NNa2O5. The zero-order valence-electron chi connectivity index (χ0n) is 15.4. The quantitative estimate of drug-likeness (QED) is 0.145. The van der Waals surface area contributed by atoms with Gasteiger partial charge >= 0.3 is 65.1 Å². The Bertz CT molecular complexity index is 364. The summed E-state index contributed by atoms with van der Waals surface area (Å²) >= 11 is 0. The van der Waals surface area contributed by atoms with Gasteiger partial charge in [-0.2, -0.15) is 0 Å². The van der Waals surface area contributed by atoms with Gasteiger partial charge in [0.1, 0.15) is 0 Å². The molecule has 0 radical (unpaired) electrons. The van der Waals surface area contributed by atoms with Gasteiger partial charge in [-0.3, -0.25) is 4.99 Å². The van der Waals surface area contributed by atoms with Crippen molar-refractivity contribution in [2.24, 2.45) is 4.99 Å². The van der Waals surface area contributed by atoms with E-state index in [1.54, 1.807) is 0 Å². The van der Waals surface area contributed by atoms with Crippen LogP contribution in [-0.4, -0.2) is 29.0 Å². The van der Waals surface area contributed by atoms with Crippen LogP contribution in [0.5, 0.6) is 0 Å². The number of aliphatic carboxylic acids is 2. The Balaban J connectivity index is -0.00000220. The van der Waals surface area contributed by atoms with Crippen LogP contribution in [0.3, 0.4) is 0 Å². The number of unbranched alkanes of at least 4 members (excludes halogenated alkanes) is 8. The van der Waals surface area contributed by atoms with E-state index in [4.69, 9.17) is 5.11 Å². The summed E-state index contributed by atoms with van der Waals surface area (Å²) in [6.07, 6.45) is 9.46. The van der Waals surface area contributed by atoms with Gasteiger partial charge in [-0.15, -0.1) is 0 Å². The van der Waals surface area contributed by atoms with Crippen molar-refractivity contribution in [3.63, 3.8) is 0 Å². The van der Waals surface area contributed by atoms with Gasteiger partial charge in [0.05, 0.1) is 0 Å². The van der Waals surface area contributed by atoms with E-state index < -0.39 is 30.3 Å². The number of carbonyl (C=O) groups excluding carboxylic acids is 1. The van der Waals surface area contributed by atoms with Crippen molar-refractivity contribution in [1.82, 2.24) is 0 Å². The number of hydrogen-bond donors (Lipinski definition) is 1. The Morgan fingerprint density at radius 1 is 0.917 bits per heavy atom. The minimum Gasteiger partial charge on any atom is -0.862 e. The molecule has 128 valence electrons. The summed E-state index contributed by atoms with van der Waals surface area (Å²) in [4.78, 5) is 24.6. The summed E-state index contributed by atoms with van der Waals surface area (Å²) in [6, 6.07) is -1.53. The van der Waals surface area contributed by atoms with E-state index in [0.717, 1.165) is 19.3 Å². The molecule has 1 atom stereocenters. The predicted octanol–water partition coefficient (Wildman–Crippen LogP) is -4.73. The molecule has 24 heavy (non-hydrogen) atoms. The number of aliphatic imine (C=N–C) groups is 1. The second-order valence-corrected chi connectivity index (χ2v) is 5.53. The second kappa shape index (κ2) is 19.7. The van der Waals surface area contributed by atoms with E-state index in [2.05, 4.69) is 11.9 Å². The first-order chi connectivity index (χ1) is 10.5. The van der Waals surface area contributed by atoms with E-state index in [1.807, 2.05) is 0 Å². The summed E-state index contributed by atoms with van der Waals surface area (Å²) in [7, 11) is 0. The van der Waals surface area contributed by atoms with Crippen molar-refractivity contribution in [2.75, 3.05) is 0 Å². The van der Waals surface area contributed by atoms with Gasteiger partial charge in [0.15, 0.2) is 6.04 Å². The molecule has 1 unspecified atom stereocenters. The maximum atomic E-state index is 11.5. The van der Waals surface area contributed by atoms with Gasteiger partial charge in [0, 0.05) is 12.4 Å². The predicted molar refractivity (Wildman–Crippen MR) is 80.3 cm³/mol. The number of nitrogens with zero attached hydrogens (tertiary/aromatic N) is 1. The van der Waals surface area contributed by atoms with Gasteiger partial charge in [0.25, 0.3) is 0 Å². The molecule has 0 saturated carbocycles. The number of rotatable bonds is 14. The summed E-state index contributed by atoms with van der Waals surface area (Å²) in [5.74, 6) is -3.48. The molecule has 1 N–H and O–H groups in total. The van der Waals surface area contributed by atoms with Crippen molar-refractivity contribution in [1.29, 1.82) is 0 Å². The van der Waals surface area contributed by atoms with Gasteiger partial charge in [-0.25, -0.2) is 4.79 Å². The van der Waals surface area contributed by atoms with E-state index in [9.17, 15) is 19.8 Å². The normalized spacial score (nSPS) is 12.0. The van der Waals surface area contributed by atoms with Crippen molar-refractivity contribution < 1.29 is 84.0 Å². The first kappa shape index (κ1) is 29.2. The molecule has 0 saturated heterocycles. The van der Waals surface area contributed by atoms with E-state index in [-0.39, 0.29) is 65.5 Å². The largest absolute Gasteiger partial charge is 1.00 e. The molecule has 0 aliphatic carbocycles. The topological polar surface area (TPSA) is 113 Å². The average molecular weight is 359 g/mol. The fourth-order valence-electron chi connectivity index (χ4n) is 2.17. The third kappa shape index (κ3) is 18.7. The molecule has 0 aliphatic heterocycles. The van der Waals surface area contributed by atoms with Crippen LogP contribution in [0.25, 0.3) is 0 Å². The van der Waals surface area contributed by atoms with E-state index in [0.29, 0.717) is 6.42 Å². The molecule has 0 fully saturated rings. The van der Waals surface area contributed by atoms with Crippen LogP contribution in [0.15, 0.2) is 4.99 Å². The smallest absolute Gasteiger partial charge is 0.862 e. The molecule has 0 spiro atoms. The maximum absolute atomic E-state index is 11.5. The Morgan fingerprint density at radius 3 is 1.79 bits per heavy atom. The third-order valence-electron chi connectivity index (χ3n) is 3.44. The molecule has 0 aliphatic rings. The van der Waals surface area contributed by atoms with Crippen LogP contribution in [-0.2, 0) is 9.59 Å². The van der Waals surface area contributed by atoms with Crippen LogP contribution < -0.4 is 69.3 Å². The Kier molecular flexibility index (Phi) is 24.0. The minimum absolute atomic E-state index is 0. The Labute approximate surface area is 189 Å². The van der Waals surface area contributed by atoms with Gasteiger partial charge in [-0.05, 0) is 18.7 Å². The van der Waals surface area contributed by atoms with Crippen molar-refractivity contribution in [3.05, 3.63) is 0 Å². The molecule has 0 heterocycles. The fraction of sp³-hybridized carbons (Fsp3) is 0.812. The summed E-state index contributed by atoms with van der Waals surface area (Å²) in [5.41, 5.74) is 0. The monoisotopic (exact) mass is 359 g/mol. The molecular weight excluding hydrogens is 332 g/mol. The van der Waals surface area contributed by atoms with Crippen molar-refractivity contribution in [3.8, 4) is 0 Å². The van der Waals surface area contributed by atoms with Crippen molar-refractivity contribution in [2.45, 2.75) is 83.6 Å². The van der Waals surface area contributed by atoms with Crippen LogP contribution in [0.1, 0.15) is 77.6 Å². The van der Waals surface area contributed by atoms with E-state index >= 15 is 0 Å². The zero-order chi connectivity index (χ0) is 16.8. The zero-order valence-corrected chi connectivity index (χ0v) is 19.4. The average Bonchev–Trinajstić information content (AvgIpc) is 2.44. The molecule has 0 aromatic carbocycles. The molecule has 8 heteroatoms. The van der Waals surface area contributed by atoms with Crippen LogP contribution in [0, 0.1) is 0 Å². The third-order valence-corrected chi connectivity index (χ3v) is 3.44. The van der Waals surface area contributed by atoms with Gasteiger partial charge < -0.3 is 20.1 Å². The van der Waals surface area contributed by atoms with Gasteiger partial charge in [-0.1, -0.05) is 58.3 Å². The van der Waals surface area contributed by atoms with Gasteiger partial charge in [0.2, 0.25) is 0 Å². The molecule has 0 aromatic rings. The molecule has 0 aromatic heterocycles. The molecule has 0 bridgehead atoms. The van der Waals surface area contributed by atoms with Crippen LogP contribution in [0.2, 0.25) is 0 Å². The van der Waals surface area contributed by atoms with E-state index in [1.165, 1.54) is 32.1 Å². The summed E-state index contributed by atoms with van der Waals surface area (Å²) in [5, 5.41) is 30.6. The number of hydrogen-bond acceptors (Lipinski definition) is 5. The number of carboxylic acids is 2. The Hall–Kier alpha value is 0.410. The molecule has 0 rings (SSSR count). The first-order valence-electron chi connectivity index (χ1n) is 8.13. The SMILES string of the molecule is CCCCCCCCCCCC([O-])=NC(CC(=O)[O-])C(=O)O.[Na+].[Na+]. The molecule has 0 amide bonds.